The third-order valence-corrected chi connectivity index (χ3v) is 3.67. The predicted molar refractivity (Wildman–Crippen MR) is 78.2 cm³/mol. The maximum absolute atomic E-state index is 12.1. The molecule has 1 aliphatic heterocycles. The van der Waals surface area contributed by atoms with Gasteiger partial charge in [0.15, 0.2) is 0 Å². The molecule has 0 aromatic heterocycles. The van der Waals surface area contributed by atoms with Crippen molar-refractivity contribution in [2.75, 3.05) is 31.9 Å². The number of carbonyl (C=O) groups excluding carboxylic acids is 1. The molecule has 0 atom stereocenters. The Hall–Kier alpha value is -1.55. The molecule has 4 heteroatoms. The molecular formula is C15H23N3O. The van der Waals surface area contributed by atoms with E-state index < -0.39 is 0 Å². The van der Waals surface area contributed by atoms with Crippen LogP contribution in [-0.2, 0) is 0 Å². The number of carbonyl (C=O) groups is 1. The van der Waals surface area contributed by atoms with Crippen LogP contribution in [0.3, 0.4) is 0 Å². The molecule has 0 unspecified atom stereocenters. The first-order chi connectivity index (χ1) is 9.16. The molecule has 1 saturated heterocycles. The number of nitrogens with two attached hydrogens (primary N) is 1. The number of benzene rings is 1. The maximum Gasteiger partial charge on any atom is 0.251 e. The van der Waals surface area contributed by atoms with Gasteiger partial charge in [0.05, 0.1) is 0 Å². The summed E-state index contributed by atoms with van der Waals surface area (Å²) in [6.07, 6.45) is 3.90. The van der Waals surface area contributed by atoms with E-state index in [0.717, 1.165) is 25.2 Å². The average molecular weight is 261 g/mol. The highest BCUT2D eigenvalue weighted by molar-refractivity contribution is 5.96. The minimum atomic E-state index is -0.0261. The predicted octanol–water partition coefficient (Wildman–Crippen LogP) is 1.79. The quantitative estimate of drug-likeness (QED) is 0.812. The number of anilines is 1. The first-order valence-electron chi connectivity index (χ1n) is 7.03. The largest absolute Gasteiger partial charge is 0.399 e. The normalized spacial score (nSPS) is 16.3. The fourth-order valence-electron chi connectivity index (χ4n) is 2.49. The van der Waals surface area contributed by atoms with Crippen molar-refractivity contribution < 1.29 is 4.79 Å². The number of nitrogens with one attached hydrogen (secondary N) is 1. The van der Waals surface area contributed by atoms with Crippen molar-refractivity contribution in [1.29, 1.82) is 0 Å². The number of hydrogen-bond acceptors (Lipinski definition) is 3. The molecular weight excluding hydrogens is 238 g/mol. The molecule has 1 heterocycles. The van der Waals surface area contributed by atoms with Crippen LogP contribution in [0.25, 0.3) is 0 Å². The number of rotatable bonds is 4. The van der Waals surface area contributed by atoms with Gasteiger partial charge in [-0.3, -0.25) is 4.79 Å². The minimum Gasteiger partial charge on any atom is -0.399 e. The van der Waals surface area contributed by atoms with Gasteiger partial charge in [-0.15, -0.1) is 0 Å². The van der Waals surface area contributed by atoms with Gasteiger partial charge in [-0.25, -0.2) is 0 Å². The van der Waals surface area contributed by atoms with Crippen LogP contribution in [0.1, 0.15) is 35.2 Å². The Balaban J connectivity index is 1.82. The van der Waals surface area contributed by atoms with Gasteiger partial charge in [-0.2, -0.15) is 0 Å². The van der Waals surface area contributed by atoms with Gasteiger partial charge < -0.3 is 16.0 Å². The van der Waals surface area contributed by atoms with E-state index in [4.69, 9.17) is 5.73 Å². The summed E-state index contributed by atoms with van der Waals surface area (Å²) in [7, 11) is 0. The lowest BCUT2D eigenvalue weighted by Gasteiger charge is -2.26. The zero-order chi connectivity index (χ0) is 13.7. The number of nitrogen functional groups attached to an aromatic ring is 1. The number of amides is 1. The molecule has 0 saturated carbocycles. The molecule has 1 aliphatic rings. The van der Waals surface area contributed by atoms with E-state index in [-0.39, 0.29) is 5.91 Å². The van der Waals surface area contributed by atoms with Crippen LogP contribution in [0.4, 0.5) is 5.69 Å². The zero-order valence-corrected chi connectivity index (χ0v) is 11.6. The Morgan fingerprint density at radius 3 is 2.79 bits per heavy atom. The van der Waals surface area contributed by atoms with Crippen molar-refractivity contribution in [1.82, 2.24) is 10.2 Å². The average Bonchev–Trinajstić information content (AvgIpc) is 2.42. The number of aryl methyl sites for hydroxylation is 1. The monoisotopic (exact) mass is 261 g/mol. The Morgan fingerprint density at radius 2 is 2.05 bits per heavy atom. The standard InChI is InChI=1S/C15H23N3O/c1-12-5-6-13(16)11-14(12)15(19)17-7-10-18-8-3-2-4-9-18/h5-6,11H,2-4,7-10,16H2,1H3,(H,17,19). The van der Waals surface area contributed by atoms with Gasteiger partial charge >= 0.3 is 0 Å². The summed E-state index contributed by atoms with van der Waals surface area (Å²) in [5.74, 6) is -0.0261. The Labute approximate surface area is 115 Å². The molecule has 1 aromatic carbocycles. The third kappa shape index (κ3) is 3.96. The SMILES string of the molecule is Cc1ccc(N)cc1C(=O)NCCN1CCCCC1. The lowest BCUT2D eigenvalue weighted by atomic mass is 10.1. The fraction of sp³-hybridized carbons (Fsp3) is 0.533. The van der Waals surface area contributed by atoms with Crippen LogP contribution >= 0.6 is 0 Å². The summed E-state index contributed by atoms with van der Waals surface area (Å²) in [4.78, 5) is 14.5. The highest BCUT2D eigenvalue weighted by atomic mass is 16.1. The Bertz CT molecular complexity index is 439. The summed E-state index contributed by atoms with van der Waals surface area (Å²) >= 11 is 0. The minimum absolute atomic E-state index is 0.0261. The lowest BCUT2D eigenvalue weighted by Crippen LogP contribution is -2.37. The van der Waals surface area contributed by atoms with E-state index in [1.54, 1.807) is 6.07 Å². The summed E-state index contributed by atoms with van der Waals surface area (Å²) in [6, 6.07) is 5.44. The van der Waals surface area contributed by atoms with E-state index in [9.17, 15) is 4.79 Å². The summed E-state index contributed by atoms with van der Waals surface area (Å²) in [5.41, 5.74) is 8.00. The van der Waals surface area contributed by atoms with E-state index >= 15 is 0 Å². The molecule has 0 aliphatic carbocycles. The van der Waals surface area contributed by atoms with Gasteiger partial charge in [-0.05, 0) is 50.6 Å². The molecule has 4 nitrogen and oxygen atoms in total. The number of nitrogens with zero attached hydrogens (tertiary/aromatic N) is 1. The Kier molecular flexibility index (Phi) is 4.80. The molecule has 2 rings (SSSR count). The summed E-state index contributed by atoms with van der Waals surface area (Å²) in [6.45, 7) is 5.89. The Morgan fingerprint density at radius 1 is 1.32 bits per heavy atom. The molecule has 0 spiro atoms. The van der Waals surface area contributed by atoms with Crippen molar-refractivity contribution in [3.8, 4) is 0 Å². The van der Waals surface area contributed by atoms with Crippen LogP contribution in [0.5, 0.6) is 0 Å². The molecule has 104 valence electrons. The summed E-state index contributed by atoms with van der Waals surface area (Å²) in [5, 5.41) is 2.98. The lowest BCUT2D eigenvalue weighted by molar-refractivity contribution is 0.0946. The number of piperidine rings is 1. The van der Waals surface area contributed by atoms with E-state index in [1.807, 2.05) is 19.1 Å². The van der Waals surface area contributed by atoms with Crippen LogP contribution in [0, 0.1) is 6.92 Å². The number of hydrogen-bond donors (Lipinski definition) is 2. The van der Waals surface area contributed by atoms with E-state index in [0.29, 0.717) is 17.8 Å². The van der Waals surface area contributed by atoms with E-state index in [1.165, 1.54) is 19.3 Å². The van der Waals surface area contributed by atoms with E-state index in [2.05, 4.69) is 10.2 Å². The zero-order valence-electron chi connectivity index (χ0n) is 11.6. The van der Waals surface area contributed by atoms with Gasteiger partial charge in [0.25, 0.3) is 5.91 Å². The smallest absolute Gasteiger partial charge is 0.251 e. The highest BCUT2D eigenvalue weighted by Gasteiger charge is 2.12. The van der Waals surface area contributed by atoms with Crippen LogP contribution < -0.4 is 11.1 Å². The van der Waals surface area contributed by atoms with Crippen LogP contribution in [0.2, 0.25) is 0 Å². The topological polar surface area (TPSA) is 58.4 Å². The van der Waals surface area contributed by atoms with Gasteiger partial charge in [0.1, 0.15) is 0 Å². The molecule has 1 aromatic rings. The van der Waals surface area contributed by atoms with Crippen LogP contribution in [-0.4, -0.2) is 37.0 Å². The maximum atomic E-state index is 12.1. The second-order valence-corrected chi connectivity index (χ2v) is 5.23. The molecule has 19 heavy (non-hydrogen) atoms. The van der Waals surface area contributed by atoms with Crippen molar-refractivity contribution in [3.05, 3.63) is 29.3 Å². The molecule has 3 N–H and O–H groups in total. The molecule has 0 bridgehead atoms. The van der Waals surface area contributed by atoms with Gasteiger partial charge in [0.2, 0.25) is 0 Å². The number of likely N-dealkylation sites (tertiary alicyclic amines) is 1. The van der Waals surface area contributed by atoms with Gasteiger partial charge in [-0.1, -0.05) is 12.5 Å². The molecule has 0 radical (unpaired) electrons. The van der Waals surface area contributed by atoms with Crippen molar-refractivity contribution in [2.24, 2.45) is 0 Å². The summed E-state index contributed by atoms with van der Waals surface area (Å²) < 4.78 is 0. The van der Waals surface area contributed by atoms with Crippen molar-refractivity contribution >= 4 is 11.6 Å². The third-order valence-electron chi connectivity index (χ3n) is 3.67. The highest BCUT2D eigenvalue weighted by Crippen LogP contribution is 2.12. The van der Waals surface area contributed by atoms with Gasteiger partial charge in [0, 0.05) is 24.3 Å². The molecule has 1 fully saturated rings. The van der Waals surface area contributed by atoms with Crippen LogP contribution in [0.15, 0.2) is 18.2 Å². The second-order valence-electron chi connectivity index (χ2n) is 5.23. The molecule has 1 amide bonds. The van der Waals surface area contributed by atoms with Crippen molar-refractivity contribution in [3.63, 3.8) is 0 Å². The fourth-order valence-corrected chi connectivity index (χ4v) is 2.49. The first-order valence-corrected chi connectivity index (χ1v) is 7.03. The van der Waals surface area contributed by atoms with Crippen molar-refractivity contribution in [2.45, 2.75) is 26.2 Å². The second kappa shape index (κ2) is 6.57. The first kappa shape index (κ1) is 13.9.